The van der Waals surface area contributed by atoms with E-state index in [4.69, 9.17) is 0 Å². The summed E-state index contributed by atoms with van der Waals surface area (Å²) in [4.78, 5) is 52.5. The van der Waals surface area contributed by atoms with Crippen molar-refractivity contribution in [3.05, 3.63) is 64.9 Å². The first-order valence-corrected chi connectivity index (χ1v) is 12.7. The predicted molar refractivity (Wildman–Crippen MR) is 141 cm³/mol. The number of halogens is 2. The minimum atomic E-state index is -1.34. The van der Waals surface area contributed by atoms with Crippen LogP contribution in [0.5, 0.6) is 0 Å². The second kappa shape index (κ2) is 10.4. The van der Waals surface area contributed by atoms with Crippen LogP contribution in [0.3, 0.4) is 0 Å². The Balaban J connectivity index is 1.41. The minimum absolute atomic E-state index is 0.119. The molecule has 1 saturated heterocycles. The molecule has 12 heteroatoms. The van der Waals surface area contributed by atoms with E-state index < -0.39 is 24.0 Å². The molecule has 0 spiro atoms. The number of carbonyl (C=O) groups is 3. The van der Waals surface area contributed by atoms with Gasteiger partial charge in [-0.15, -0.1) is 0 Å². The average Bonchev–Trinajstić information content (AvgIpc) is 3.45. The largest absolute Gasteiger partial charge is 0.326 e. The van der Waals surface area contributed by atoms with Crippen LogP contribution >= 0.6 is 15.9 Å². The molecule has 38 heavy (non-hydrogen) atoms. The molecule has 0 radical (unpaired) electrons. The van der Waals surface area contributed by atoms with E-state index in [9.17, 15) is 18.8 Å². The Morgan fingerprint density at radius 3 is 2.61 bits per heavy atom. The van der Waals surface area contributed by atoms with E-state index in [1.807, 2.05) is 12.1 Å². The molecule has 2 atom stereocenters. The van der Waals surface area contributed by atoms with E-state index in [0.717, 1.165) is 11.1 Å². The Bertz CT molecular complexity index is 1560. The number of nitrogens with one attached hydrogen (secondary N) is 1. The van der Waals surface area contributed by atoms with Crippen LogP contribution in [0.15, 0.2) is 53.4 Å². The third kappa shape index (κ3) is 5.17. The van der Waals surface area contributed by atoms with Crippen molar-refractivity contribution in [3.63, 3.8) is 0 Å². The van der Waals surface area contributed by atoms with Gasteiger partial charge in [-0.05, 0) is 52.7 Å². The second-order valence-electron chi connectivity index (χ2n) is 9.04. The Morgan fingerprint density at radius 2 is 1.89 bits per heavy atom. The fourth-order valence-electron chi connectivity index (χ4n) is 4.50. The number of anilines is 1. The number of hydrogen-bond acceptors (Lipinski definition) is 7. The number of carbonyl (C=O) groups excluding carboxylic acids is 3. The number of fused-ring (bicyclic) bond motifs is 1. The average molecular weight is 580 g/mol. The summed E-state index contributed by atoms with van der Waals surface area (Å²) in [5.41, 5.74) is 2.34. The zero-order valence-electron chi connectivity index (χ0n) is 20.6. The summed E-state index contributed by atoms with van der Waals surface area (Å²) in [7, 11) is 0. The van der Waals surface area contributed by atoms with Crippen LogP contribution in [0.4, 0.5) is 10.2 Å². The first-order chi connectivity index (χ1) is 18.2. The van der Waals surface area contributed by atoms with E-state index in [1.165, 1.54) is 16.5 Å². The quantitative estimate of drug-likeness (QED) is 0.272. The zero-order valence-corrected chi connectivity index (χ0v) is 22.1. The van der Waals surface area contributed by atoms with E-state index in [0.29, 0.717) is 21.3 Å². The van der Waals surface area contributed by atoms with Gasteiger partial charge in [-0.25, -0.2) is 19.3 Å². The number of aromatic nitrogens is 5. The third-order valence-electron chi connectivity index (χ3n) is 6.32. The summed E-state index contributed by atoms with van der Waals surface area (Å²) in [5, 5.41) is 7.62. The van der Waals surface area contributed by atoms with E-state index in [2.05, 4.69) is 41.3 Å². The number of ketones is 1. The molecule has 0 bridgehead atoms. The molecule has 1 aliphatic rings. The first kappa shape index (κ1) is 25.6. The maximum absolute atomic E-state index is 14.4. The number of likely N-dealkylation sites (tertiary alicyclic amines) is 1. The fraction of sp³-hybridized carbons (Fsp3) is 0.269. The van der Waals surface area contributed by atoms with Crippen molar-refractivity contribution in [1.82, 2.24) is 29.6 Å². The molecule has 10 nitrogen and oxygen atoms in total. The number of alkyl halides is 1. The highest BCUT2D eigenvalue weighted by Crippen LogP contribution is 2.28. The molecular weight excluding hydrogens is 557 g/mol. The van der Waals surface area contributed by atoms with E-state index in [1.54, 1.807) is 43.6 Å². The number of amides is 2. The smallest absolute Gasteiger partial charge is 0.248 e. The van der Waals surface area contributed by atoms with Crippen LogP contribution in [0.25, 0.3) is 22.0 Å². The number of pyridine rings is 1. The van der Waals surface area contributed by atoms with Crippen molar-refractivity contribution in [1.29, 1.82) is 0 Å². The van der Waals surface area contributed by atoms with Crippen LogP contribution in [0.1, 0.15) is 29.7 Å². The molecule has 0 aliphatic carbocycles. The summed E-state index contributed by atoms with van der Waals surface area (Å²) in [6, 6.07) is 9.42. The first-order valence-electron chi connectivity index (χ1n) is 11.9. The van der Waals surface area contributed by atoms with Gasteiger partial charge < -0.3 is 10.2 Å². The monoisotopic (exact) mass is 579 g/mol. The molecule has 194 valence electrons. The maximum atomic E-state index is 14.4. The van der Waals surface area contributed by atoms with Crippen LogP contribution in [0.2, 0.25) is 0 Å². The highest BCUT2D eigenvalue weighted by Gasteiger charge is 2.40. The van der Waals surface area contributed by atoms with Gasteiger partial charge in [0.05, 0.1) is 12.1 Å². The van der Waals surface area contributed by atoms with Gasteiger partial charge in [0.25, 0.3) is 0 Å². The summed E-state index contributed by atoms with van der Waals surface area (Å²) in [6.45, 7) is 2.72. The molecule has 3 aromatic heterocycles. The summed E-state index contributed by atoms with van der Waals surface area (Å²) >= 11 is 3.24. The van der Waals surface area contributed by atoms with E-state index >= 15 is 0 Å². The van der Waals surface area contributed by atoms with E-state index in [-0.39, 0.29) is 36.8 Å². The highest BCUT2D eigenvalue weighted by atomic mass is 79.9. The van der Waals surface area contributed by atoms with Crippen LogP contribution in [-0.4, -0.2) is 66.0 Å². The van der Waals surface area contributed by atoms with Crippen molar-refractivity contribution >= 4 is 50.2 Å². The van der Waals surface area contributed by atoms with Gasteiger partial charge in [-0.2, -0.15) is 5.10 Å². The molecule has 1 N–H and O–H groups in total. The Kier molecular flexibility index (Phi) is 6.98. The van der Waals surface area contributed by atoms with Gasteiger partial charge in [0, 0.05) is 36.7 Å². The van der Waals surface area contributed by atoms with Gasteiger partial charge >= 0.3 is 0 Å². The van der Waals surface area contributed by atoms with Crippen molar-refractivity contribution in [2.75, 3.05) is 11.9 Å². The number of aryl methyl sites for hydroxylation is 1. The number of nitrogens with zero attached hydrogens (tertiary/aromatic N) is 6. The lowest BCUT2D eigenvalue weighted by molar-refractivity contribution is -0.137. The number of benzene rings is 1. The molecule has 4 aromatic rings. The second-order valence-corrected chi connectivity index (χ2v) is 9.86. The molecule has 1 aliphatic heterocycles. The maximum Gasteiger partial charge on any atom is 0.248 e. The summed E-state index contributed by atoms with van der Waals surface area (Å²) in [5.74, 6) is -0.338. The lowest BCUT2D eigenvalue weighted by atomic mass is 10.0. The minimum Gasteiger partial charge on any atom is -0.326 e. The SMILES string of the molecule is CC(=O)c1nn(CC(=O)N2C[C@H](F)C[C@@H]2C(=O)Nc2cccc(Br)n2)c2ccc(-c3cnc(C)nc3)cc12. The lowest BCUT2D eigenvalue weighted by Crippen LogP contribution is -2.44. The molecular formula is C26H23BrFN7O3. The van der Waals surface area contributed by atoms with Crippen LogP contribution < -0.4 is 5.32 Å². The van der Waals surface area contributed by atoms with Crippen molar-refractivity contribution in [3.8, 4) is 11.1 Å². The number of Topliss-reactive ketones (excluding diaryl/α,β-unsaturated/α-hetero) is 1. The zero-order chi connectivity index (χ0) is 27.0. The lowest BCUT2D eigenvalue weighted by Gasteiger charge is -2.23. The van der Waals surface area contributed by atoms with Crippen LogP contribution in [0, 0.1) is 6.92 Å². The van der Waals surface area contributed by atoms with Crippen LogP contribution in [-0.2, 0) is 16.1 Å². The Labute approximate surface area is 225 Å². The van der Waals surface area contributed by atoms with Gasteiger partial charge in [0.2, 0.25) is 11.8 Å². The molecule has 0 unspecified atom stereocenters. The standard InChI is InChI=1S/C26H23BrFN7O3/c1-14(36)25-19-8-16(17-10-29-15(2)30-11-17)6-7-20(19)35(33-25)13-24(37)34-12-18(28)9-21(34)26(38)32-23-5-3-4-22(27)31-23/h3-8,10-11,18,21H,9,12-13H2,1-2H3,(H,31,32,38)/t18-,21-/m1/s1. The normalized spacial score (nSPS) is 17.1. The molecule has 0 saturated carbocycles. The molecule has 2 amide bonds. The molecule has 1 aromatic carbocycles. The fourth-order valence-corrected chi connectivity index (χ4v) is 4.84. The van der Waals surface area contributed by atoms with Crippen molar-refractivity contribution in [2.45, 2.75) is 39.0 Å². The van der Waals surface area contributed by atoms with Gasteiger partial charge in [-0.1, -0.05) is 12.1 Å². The molecule has 5 rings (SSSR count). The van der Waals surface area contributed by atoms with Gasteiger partial charge in [0.1, 0.15) is 40.7 Å². The summed E-state index contributed by atoms with van der Waals surface area (Å²) in [6.07, 6.45) is 1.93. The predicted octanol–water partition coefficient (Wildman–Crippen LogP) is 3.74. The topological polar surface area (TPSA) is 123 Å². The molecule has 1 fully saturated rings. The summed E-state index contributed by atoms with van der Waals surface area (Å²) < 4.78 is 16.4. The molecule has 4 heterocycles. The third-order valence-corrected chi connectivity index (χ3v) is 6.76. The van der Waals surface area contributed by atoms with Crippen molar-refractivity contribution in [2.24, 2.45) is 0 Å². The van der Waals surface area contributed by atoms with Gasteiger partial charge in [-0.3, -0.25) is 19.1 Å². The number of rotatable bonds is 6. The number of hydrogen-bond donors (Lipinski definition) is 1. The van der Waals surface area contributed by atoms with Gasteiger partial charge in [0.15, 0.2) is 5.78 Å². The Morgan fingerprint density at radius 1 is 1.13 bits per heavy atom. The Hall–Kier alpha value is -4.06. The highest BCUT2D eigenvalue weighted by molar-refractivity contribution is 9.10. The van der Waals surface area contributed by atoms with Crippen molar-refractivity contribution < 1.29 is 18.8 Å².